The monoisotopic (exact) mass is 261 g/mol. The number of ether oxygens (including phenoxy) is 1. The summed E-state index contributed by atoms with van der Waals surface area (Å²) in [5.41, 5.74) is 1.13. The maximum absolute atomic E-state index is 12.7. The number of carbonyl (C=O) groups is 1. The fourth-order valence-corrected chi connectivity index (χ4v) is 2.02. The van der Waals surface area contributed by atoms with Crippen LogP contribution in [0.3, 0.4) is 0 Å². The molecule has 0 bridgehead atoms. The first-order valence-corrected chi connectivity index (χ1v) is 6.04. The van der Waals surface area contributed by atoms with Crippen LogP contribution in [0, 0.1) is 6.92 Å². The molecule has 4 nitrogen and oxygen atoms in total. The Kier molecular flexibility index (Phi) is 2.62. The van der Waals surface area contributed by atoms with Gasteiger partial charge in [0, 0.05) is 18.0 Å². The summed E-state index contributed by atoms with van der Waals surface area (Å²) in [5, 5.41) is 0.432. The van der Waals surface area contributed by atoms with Crippen molar-refractivity contribution in [3.63, 3.8) is 0 Å². The lowest BCUT2D eigenvalue weighted by molar-refractivity contribution is 0.0437. The fourth-order valence-electron chi connectivity index (χ4n) is 2.02. The van der Waals surface area contributed by atoms with Crippen molar-refractivity contribution in [2.24, 2.45) is 0 Å². The van der Waals surface area contributed by atoms with E-state index in [0.29, 0.717) is 10.9 Å². The second-order valence-electron chi connectivity index (χ2n) is 4.72. The van der Waals surface area contributed by atoms with Gasteiger partial charge in [0.2, 0.25) is 5.43 Å². The Morgan fingerprint density at radius 2 is 2.21 bits per heavy atom. The molecule has 0 saturated heterocycles. The Morgan fingerprint density at radius 1 is 1.47 bits per heavy atom. The second kappa shape index (κ2) is 4.19. The standard InChI is InChI=1S/C14H12FNO3/c1-7-3-2-4-8-12(7)16-6-9(13(8)17)14(18)19-11-5-10(11)15/h2-4,6,10-11H,5H2,1H3,(H,16,17)/t10-,11+/m0/s1. The summed E-state index contributed by atoms with van der Waals surface area (Å²) in [6, 6.07) is 5.27. The SMILES string of the molecule is Cc1cccc2c(=O)c(C(=O)O[C@@H]3C[C@@H]3F)c[nH]c12. The number of alkyl halides is 1. The van der Waals surface area contributed by atoms with E-state index in [2.05, 4.69) is 4.98 Å². The number of aromatic nitrogens is 1. The van der Waals surface area contributed by atoms with Crippen molar-refractivity contribution in [3.8, 4) is 0 Å². The van der Waals surface area contributed by atoms with Crippen molar-refractivity contribution in [1.29, 1.82) is 0 Å². The lowest BCUT2D eigenvalue weighted by Crippen LogP contribution is -2.19. The van der Waals surface area contributed by atoms with Crippen molar-refractivity contribution < 1.29 is 13.9 Å². The number of H-pyrrole nitrogens is 1. The summed E-state index contributed by atoms with van der Waals surface area (Å²) < 4.78 is 17.6. The number of nitrogens with one attached hydrogen (secondary N) is 1. The average molecular weight is 261 g/mol. The van der Waals surface area contributed by atoms with Crippen molar-refractivity contribution in [2.45, 2.75) is 25.6 Å². The van der Waals surface area contributed by atoms with Crippen molar-refractivity contribution in [3.05, 3.63) is 45.7 Å². The molecule has 1 aliphatic rings. The number of hydrogen-bond acceptors (Lipinski definition) is 3. The van der Waals surface area contributed by atoms with E-state index >= 15 is 0 Å². The van der Waals surface area contributed by atoms with Gasteiger partial charge in [0.05, 0.1) is 5.52 Å². The van der Waals surface area contributed by atoms with Crippen molar-refractivity contribution >= 4 is 16.9 Å². The van der Waals surface area contributed by atoms with Gasteiger partial charge in [0.1, 0.15) is 17.8 Å². The normalized spacial score (nSPS) is 21.4. The molecule has 0 aliphatic heterocycles. The zero-order valence-electron chi connectivity index (χ0n) is 10.3. The topological polar surface area (TPSA) is 59.2 Å². The molecular formula is C14H12FNO3. The molecule has 5 heteroatoms. The number of para-hydroxylation sites is 1. The second-order valence-corrected chi connectivity index (χ2v) is 4.72. The Bertz CT molecular complexity index is 722. The van der Waals surface area contributed by atoms with Crippen LogP contribution in [0.1, 0.15) is 22.3 Å². The number of halogens is 1. The van der Waals surface area contributed by atoms with E-state index < -0.39 is 23.7 Å². The van der Waals surface area contributed by atoms with Crippen LogP contribution in [0.25, 0.3) is 10.9 Å². The molecule has 0 radical (unpaired) electrons. The van der Waals surface area contributed by atoms with Crippen LogP contribution in [0.5, 0.6) is 0 Å². The molecule has 2 atom stereocenters. The summed E-state index contributed by atoms with van der Waals surface area (Å²) >= 11 is 0. The number of aromatic amines is 1. The lowest BCUT2D eigenvalue weighted by atomic mass is 10.1. The van der Waals surface area contributed by atoms with Gasteiger partial charge in [0.25, 0.3) is 0 Å². The smallest absolute Gasteiger partial charge is 0.344 e. The number of hydrogen-bond donors (Lipinski definition) is 1. The highest BCUT2D eigenvalue weighted by Crippen LogP contribution is 2.29. The third-order valence-electron chi connectivity index (χ3n) is 3.26. The van der Waals surface area contributed by atoms with Gasteiger partial charge >= 0.3 is 5.97 Å². The quantitative estimate of drug-likeness (QED) is 0.842. The molecule has 1 saturated carbocycles. The molecule has 2 aromatic rings. The molecule has 19 heavy (non-hydrogen) atoms. The summed E-state index contributed by atoms with van der Waals surface area (Å²) in [6.07, 6.45) is -0.239. The predicted molar refractivity (Wildman–Crippen MR) is 68.0 cm³/mol. The molecule has 1 heterocycles. The molecule has 0 unspecified atom stereocenters. The lowest BCUT2D eigenvalue weighted by Gasteiger charge is -2.05. The van der Waals surface area contributed by atoms with E-state index in [1.54, 1.807) is 12.1 Å². The zero-order chi connectivity index (χ0) is 13.6. The number of esters is 1. The van der Waals surface area contributed by atoms with Crippen molar-refractivity contribution in [1.82, 2.24) is 4.98 Å². The zero-order valence-corrected chi connectivity index (χ0v) is 10.3. The molecule has 1 aliphatic carbocycles. The van der Waals surface area contributed by atoms with Crippen molar-refractivity contribution in [2.75, 3.05) is 0 Å². The third kappa shape index (κ3) is 2.01. The minimum Gasteiger partial charge on any atom is -0.455 e. The minimum absolute atomic E-state index is 0.0859. The number of benzene rings is 1. The van der Waals surface area contributed by atoms with E-state index in [0.717, 1.165) is 5.56 Å². The summed E-state index contributed by atoms with van der Waals surface area (Å²) in [5.74, 6) is -0.769. The molecule has 1 N–H and O–H groups in total. The first-order valence-electron chi connectivity index (χ1n) is 6.04. The summed E-state index contributed by atoms with van der Waals surface area (Å²) in [7, 11) is 0. The summed E-state index contributed by atoms with van der Waals surface area (Å²) in [6.45, 7) is 1.87. The number of pyridine rings is 1. The van der Waals surface area contributed by atoms with Crippen LogP contribution in [0.2, 0.25) is 0 Å². The van der Waals surface area contributed by atoms with E-state index in [1.165, 1.54) is 6.20 Å². The first-order chi connectivity index (χ1) is 9.08. The molecule has 0 amide bonds. The van der Waals surface area contributed by atoms with Gasteiger partial charge in [-0.3, -0.25) is 4.79 Å². The van der Waals surface area contributed by atoms with Gasteiger partial charge in [-0.15, -0.1) is 0 Å². The first kappa shape index (κ1) is 11.9. The fraction of sp³-hybridized carbons (Fsp3) is 0.286. The van der Waals surface area contributed by atoms with E-state index in [-0.39, 0.29) is 12.0 Å². The van der Waals surface area contributed by atoms with Gasteiger partial charge in [-0.2, -0.15) is 0 Å². The number of aryl methyl sites for hydroxylation is 1. The van der Waals surface area contributed by atoms with Crippen LogP contribution < -0.4 is 5.43 Å². The maximum Gasteiger partial charge on any atom is 0.344 e. The third-order valence-corrected chi connectivity index (χ3v) is 3.26. The average Bonchev–Trinajstić information content (AvgIpc) is 3.06. The molecule has 1 fully saturated rings. The van der Waals surface area contributed by atoms with E-state index in [4.69, 9.17) is 4.74 Å². The minimum atomic E-state index is -1.09. The van der Waals surface area contributed by atoms with Gasteiger partial charge < -0.3 is 9.72 Å². The Balaban J connectivity index is 2.03. The molecular weight excluding hydrogens is 249 g/mol. The van der Waals surface area contributed by atoms with Gasteiger partial charge in [0.15, 0.2) is 0 Å². The number of fused-ring (bicyclic) bond motifs is 1. The molecule has 1 aromatic carbocycles. The van der Waals surface area contributed by atoms with Gasteiger partial charge in [-0.1, -0.05) is 12.1 Å². The van der Waals surface area contributed by atoms with Crippen LogP contribution in [-0.2, 0) is 4.74 Å². The predicted octanol–water partition coefficient (Wildman–Crippen LogP) is 2.10. The highest BCUT2D eigenvalue weighted by molar-refractivity contribution is 5.94. The van der Waals surface area contributed by atoms with Crippen LogP contribution >= 0.6 is 0 Å². The number of carbonyl (C=O) groups excluding carboxylic acids is 1. The Morgan fingerprint density at radius 3 is 2.89 bits per heavy atom. The van der Waals surface area contributed by atoms with Crippen LogP contribution in [0.15, 0.2) is 29.2 Å². The van der Waals surface area contributed by atoms with E-state index in [1.807, 2.05) is 13.0 Å². The van der Waals surface area contributed by atoms with Crippen LogP contribution in [-0.4, -0.2) is 23.2 Å². The maximum atomic E-state index is 12.7. The molecule has 0 spiro atoms. The highest BCUT2D eigenvalue weighted by Gasteiger charge is 2.41. The largest absolute Gasteiger partial charge is 0.455 e. The van der Waals surface area contributed by atoms with Gasteiger partial charge in [-0.25, -0.2) is 9.18 Å². The summed E-state index contributed by atoms with van der Waals surface area (Å²) in [4.78, 5) is 26.9. The number of rotatable bonds is 2. The molecule has 3 rings (SSSR count). The van der Waals surface area contributed by atoms with Crippen LogP contribution in [0.4, 0.5) is 4.39 Å². The van der Waals surface area contributed by atoms with E-state index in [9.17, 15) is 14.0 Å². The highest BCUT2D eigenvalue weighted by atomic mass is 19.1. The van der Waals surface area contributed by atoms with Gasteiger partial charge in [-0.05, 0) is 18.6 Å². The molecule has 1 aromatic heterocycles. The molecule has 98 valence electrons. The Hall–Kier alpha value is -2.17. The Labute approximate surface area is 108 Å².